The fourth-order valence-electron chi connectivity index (χ4n) is 2.74. The van der Waals surface area contributed by atoms with E-state index in [2.05, 4.69) is 4.90 Å². The highest BCUT2D eigenvalue weighted by Crippen LogP contribution is 2.57. The molecule has 3 atom stereocenters. The summed E-state index contributed by atoms with van der Waals surface area (Å²) < 4.78 is -0.358. The number of thioether (sulfide) groups is 2. The topological polar surface area (TPSA) is 86.9 Å². The van der Waals surface area contributed by atoms with Crippen LogP contribution in [0.25, 0.3) is 0 Å². The van der Waals surface area contributed by atoms with Crippen molar-refractivity contribution in [2.75, 3.05) is 24.6 Å². The van der Waals surface area contributed by atoms with E-state index in [1.54, 1.807) is 23.5 Å². The normalized spacial score (nSPS) is 41.4. The van der Waals surface area contributed by atoms with Crippen molar-refractivity contribution in [2.45, 2.75) is 16.4 Å². The first-order chi connectivity index (χ1) is 8.06. The standard InChI is InChI=1S/C9H13N3O3S2/c10-7(13)5-3-16-9-11(5)1-2-12(9)6(4-17-9)8(14)15/h5-6H,1-4H2,(H2,10,13)(H,14,15). The summed E-state index contributed by atoms with van der Waals surface area (Å²) in [6.45, 7) is 1.41. The number of nitrogens with zero attached hydrogens (tertiary/aromatic N) is 2. The summed E-state index contributed by atoms with van der Waals surface area (Å²) >= 11 is 3.25. The van der Waals surface area contributed by atoms with E-state index in [4.69, 9.17) is 5.73 Å². The van der Waals surface area contributed by atoms with E-state index in [9.17, 15) is 14.7 Å². The molecule has 0 aliphatic carbocycles. The van der Waals surface area contributed by atoms with E-state index in [1.165, 1.54) is 0 Å². The van der Waals surface area contributed by atoms with Gasteiger partial charge in [-0.3, -0.25) is 19.4 Å². The first-order valence-corrected chi connectivity index (χ1v) is 7.37. The van der Waals surface area contributed by atoms with Crippen LogP contribution in [0.15, 0.2) is 0 Å². The Morgan fingerprint density at radius 3 is 2.24 bits per heavy atom. The molecule has 0 bridgehead atoms. The van der Waals surface area contributed by atoms with Crippen molar-refractivity contribution in [3.05, 3.63) is 0 Å². The van der Waals surface area contributed by atoms with Crippen LogP contribution in [0.2, 0.25) is 0 Å². The number of rotatable bonds is 2. The average Bonchev–Trinajstić information content (AvgIpc) is 2.83. The Bertz CT molecular complexity index is 356. The molecule has 3 aliphatic rings. The van der Waals surface area contributed by atoms with E-state index in [0.29, 0.717) is 18.1 Å². The molecule has 0 saturated carbocycles. The highest BCUT2D eigenvalue weighted by Gasteiger charge is 2.63. The summed E-state index contributed by atoms with van der Waals surface area (Å²) in [5.41, 5.74) is 5.39. The second-order valence-corrected chi connectivity index (χ2v) is 6.97. The Hall–Kier alpha value is -0.440. The van der Waals surface area contributed by atoms with Gasteiger partial charge in [-0.1, -0.05) is 0 Å². The molecule has 3 N–H and O–H groups in total. The molecule has 0 aromatic rings. The summed E-state index contributed by atoms with van der Waals surface area (Å²) in [6, 6.07) is -0.700. The number of nitrogens with two attached hydrogens (primary N) is 1. The Morgan fingerprint density at radius 1 is 1.18 bits per heavy atom. The number of aliphatic carboxylic acids is 1. The zero-order valence-corrected chi connectivity index (χ0v) is 10.7. The third-order valence-electron chi connectivity index (χ3n) is 3.53. The third-order valence-corrected chi connectivity index (χ3v) is 6.89. The first-order valence-electron chi connectivity index (χ1n) is 5.40. The second kappa shape index (κ2) is 3.78. The fourth-order valence-corrected chi connectivity index (χ4v) is 6.43. The van der Waals surface area contributed by atoms with E-state index in [1.807, 2.05) is 4.90 Å². The van der Waals surface area contributed by atoms with Gasteiger partial charge in [0.05, 0.1) is 0 Å². The number of carbonyl (C=O) groups is 2. The Labute approximate surface area is 107 Å². The maximum absolute atomic E-state index is 11.4. The molecule has 17 heavy (non-hydrogen) atoms. The van der Waals surface area contributed by atoms with Crippen LogP contribution >= 0.6 is 23.5 Å². The molecule has 94 valence electrons. The molecular formula is C9H13N3O3S2. The van der Waals surface area contributed by atoms with Crippen molar-refractivity contribution in [3.63, 3.8) is 0 Å². The van der Waals surface area contributed by atoms with Crippen molar-refractivity contribution >= 4 is 35.4 Å². The number of hydrogen-bond donors (Lipinski definition) is 2. The molecule has 3 fully saturated rings. The molecule has 3 rings (SSSR count). The lowest BCUT2D eigenvalue weighted by molar-refractivity contribution is -0.142. The fraction of sp³-hybridized carbons (Fsp3) is 0.778. The molecule has 1 spiro atoms. The molecule has 0 aromatic carbocycles. The smallest absolute Gasteiger partial charge is 0.321 e. The van der Waals surface area contributed by atoms with Gasteiger partial charge in [0.1, 0.15) is 12.1 Å². The molecule has 6 nitrogen and oxygen atoms in total. The van der Waals surface area contributed by atoms with Crippen molar-refractivity contribution < 1.29 is 14.7 Å². The minimum absolute atomic E-state index is 0.259. The lowest BCUT2D eigenvalue weighted by Crippen LogP contribution is -2.50. The minimum atomic E-state index is -0.778. The Kier molecular flexibility index (Phi) is 2.58. The van der Waals surface area contributed by atoms with Gasteiger partial charge in [0, 0.05) is 24.6 Å². The van der Waals surface area contributed by atoms with Crippen molar-refractivity contribution in [2.24, 2.45) is 5.73 Å². The lowest BCUT2D eigenvalue weighted by Gasteiger charge is -2.33. The molecular weight excluding hydrogens is 262 g/mol. The average molecular weight is 275 g/mol. The van der Waals surface area contributed by atoms with Gasteiger partial charge >= 0.3 is 5.97 Å². The number of carbonyl (C=O) groups excluding carboxylic acids is 1. The predicted octanol–water partition coefficient (Wildman–Crippen LogP) is -0.984. The summed E-state index contributed by atoms with van der Waals surface area (Å²) in [6.07, 6.45) is 0. The van der Waals surface area contributed by atoms with Crippen LogP contribution in [-0.2, 0) is 9.59 Å². The van der Waals surface area contributed by atoms with Crippen LogP contribution < -0.4 is 5.73 Å². The highest BCUT2D eigenvalue weighted by molar-refractivity contribution is 8.18. The SMILES string of the molecule is NC(=O)C1CSC23SCC(C(=O)O)N2CCN13. The molecule has 3 aliphatic heterocycles. The van der Waals surface area contributed by atoms with Crippen LogP contribution in [0.3, 0.4) is 0 Å². The maximum atomic E-state index is 11.4. The van der Waals surface area contributed by atoms with Crippen LogP contribution in [-0.4, -0.2) is 67.8 Å². The van der Waals surface area contributed by atoms with Crippen molar-refractivity contribution in [1.29, 1.82) is 0 Å². The van der Waals surface area contributed by atoms with Crippen LogP contribution in [0, 0.1) is 0 Å². The van der Waals surface area contributed by atoms with E-state index < -0.39 is 12.0 Å². The van der Waals surface area contributed by atoms with Crippen LogP contribution in [0.5, 0.6) is 0 Å². The zero-order valence-electron chi connectivity index (χ0n) is 9.04. The highest BCUT2D eigenvalue weighted by atomic mass is 32.2. The van der Waals surface area contributed by atoms with Crippen LogP contribution in [0.1, 0.15) is 0 Å². The largest absolute Gasteiger partial charge is 0.480 e. The van der Waals surface area contributed by atoms with Gasteiger partial charge in [-0.25, -0.2) is 0 Å². The Morgan fingerprint density at radius 2 is 1.71 bits per heavy atom. The maximum Gasteiger partial charge on any atom is 0.321 e. The first kappa shape index (κ1) is 11.6. The number of hydrogen-bond acceptors (Lipinski definition) is 6. The number of primary amides is 1. The molecule has 8 heteroatoms. The number of amides is 1. The van der Waals surface area contributed by atoms with Gasteiger partial charge in [0.15, 0.2) is 4.33 Å². The molecule has 1 amide bonds. The van der Waals surface area contributed by atoms with Gasteiger partial charge in [0.25, 0.3) is 0 Å². The number of carboxylic acids is 1. The monoisotopic (exact) mass is 275 g/mol. The Balaban J connectivity index is 1.90. The summed E-state index contributed by atoms with van der Waals surface area (Å²) in [4.78, 5) is 26.6. The lowest BCUT2D eigenvalue weighted by atomic mass is 10.3. The zero-order chi connectivity index (χ0) is 12.2. The summed E-state index contributed by atoms with van der Waals surface area (Å²) in [7, 11) is 0. The van der Waals surface area contributed by atoms with E-state index in [0.717, 1.165) is 6.54 Å². The van der Waals surface area contributed by atoms with Gasteiger partial charge in [-0.05, 0) is 0 Å². The summed E-state index contributed by atoms with van der Waals surface area (Å²) in [5.74, 6) is 0.144. The van der Waals surface area contributed by atoms with E-state index in [-0.39, 0.29) is 16.3 Å². The third kappa shape index (κ3) is 1.44. The van der Waals surface area contributed by atoms with Gasteiger partial charge in [-0.2, -0.15) is 0 Å². The van der Waals surface area contributed by atoms with Crippen LogP contribution in [0.4, 0.5) is 0 Å². The van der Waals surface area contributed by atoms with Gasteiger partial charge in [0.2, 0.25) is 5.91 Å². The predicted molar refractivity (Wildman–Crippen MR) is 65.5 cm³/mol. The number of carboxylic acid groups (broad SMARTS) is 1. The second-order valence-electron chi connectivity index (χ2n) is 4.33. The van der Waals surface area contributed by atoms with Crippen molar-refractivity contribution in [1.82, 2.24) is 9.80 Å². The molecule has 0 aromatic heterocycles. The van der Waals surface area contributed by atoms with Crippen molar-refractivity contribution in [3.8, 4) is 0 Å². The quantitative estimate of drug-likeness (QED) is 0.669. The van der Waals surface area contributed by atoms with Gasteiger partial charge < -0.3 is 10.8 Å². The van der Waals surface area contributed by atoms with E-state index >= 15 is 0 Å². The molecule has 0 radical (unpaired) electrons. The molecule has 3 unspecified atom stereocenters. The molecule has 3 heterocycles. The molecule has 3 saturated heterocycles. The minimum Gasteiger partial charge on any atom is -0.480 e. The summed E-state index contributed by atoms with van der Waals surface area (Å²) in [5, 5.41) is 9.18. The van der Waals surface area contributed by atoms with Gasteiger partial charge in [-0.15, -0.1) is 23.5 Å².